The fourth-order valence-electron chi connectivity index (χ4n) is 3.62. The van der Waals surface area contributed by atoms with E-state index in [9.17, 15) is 0 Å². The third-order valence-corrected chi connectivity index (χ3v) is 4.37. The third kappa shape index (κ3) is 0.761. The number of benzene rings is 1. The predicted octanol–water partition coefficient (Wildman–Crippen LogP) is 3.28. The van der Waals surface area contributed by atoms with Crippen LogP contribution in [0.15, 0.2) is 24.3 Å². The second kappa shape index (κ2) is 2.41. The zero-order chi connectivity index (χ0) is 10.3. The minimum absolute atomic E-state index is 0.212. The molecule has 0 aromatic heterocycles. The lowest BCUT2D eigenvalue weighted by Gasteiger charge is -2.15. The summed E-state index contributed by atoms with van der Waals surface area (Å²) in [6.45, 7) is 0. The molecule has 0 unspecified atom stereocenters. The molecule has 80 valence electrons. The van der Waals surface area contributed by atoms with Gasteiger partial charge in [0.05, 0.1) is 12.2 Å². The molecule has 1 fully saturated rings. The first-order valence-corrected chi connectivity index (χ1v) is 6.07. The summed E-state index contributed by atoms with van der Waals surface area (Å²) in [5.41, 5.74) is 5.61. The molecule has 0 N–H and O–H groups in total. The maximum absolute atomic E-state index is 5.95. The van der Waals surface area contributed by atoms with Crippen LogP contribution in [0.1, 0.15) is 59.5 Å². The Labute approximate surface area is 93.9 Å². The Hall–Kier alpha value is -1.12. The van der Waals surface area contributed by atoms with Gasteiger partial charge in [-0.2, -0.15) is 0 Å². The van der Waals surface area contributed by atoms with Crippen LogP contribution in [0.2, 0.25) is 0 Å². The van der Waals surface area contributed by atoms with Gasteiger partial charge in [-0.05, 0) is 47.2 Å². The van der Waals surface area contributed by atoms with Crippen LogP contribution in [0.5, 0.6) is 0 Å². The van der Waals surface area contributed by atoms with Crippen LogP contribution in [0.25, 0.3) is 0 Å². The Morgan fingerprint density at radius 3 is 1.88 bits per heavy atom. The van der Waals surface area contributed by atoms with Crippen molar-refractivity contribution in [3.05, 3.63) is 46.5 Å². The highest BCUT2D eigenvalue weighted by molar-refractivity contribution is 5.51. The lowest BCUT2D eigenvalue weighted by atomic mass is 9.85. The molecular weight excluding hydrogens is 200 g/mol. The summed E-state index contributed by atoms with van der Waals surface area (Å²) < 4.78 is 11.8. The van der Waals surface area contributed by atoms with Crippen LogP contribution < -0.4 is 0 Å². The molecule has 0 spiro atoms. The van der Waals surface area contributed by atoms with Gasteiger partial charge in [-0.25, -0.2) is 0 Å². The molecule has 2 nitrogen and oxygen atoms in total. The highest BCUT2D eigenvalue weighted by Gasteiger charge is 2.42. The van der Waals surface area contributed by atoms with Crippen molar-refractivity contribution in [2.75, 3.05) is 0 Å². The van der Waals surface area contributed by atoms with E-state index < -0.39 is 0 Å². The Morgan fingerprint density at radius 1 is 0.750 bits per heavy atom. The summed E-state index contributed by atoms with van der Waals surface area (Å²) in [5, 5.41) is 0. The molecule has 4 aliphatic heterocycles. The second-order valence-electron chi connectivity index (χ2n) is 5.16. The van der Waals surface area contributed by atoms with Crippen molar-refractivity contribution in [2.45, 2.75) is 37.3 Å². The van der Waals surface area contributed by atoms with Gasteiger partial charge in [0.2, 0.25) is 0 Å². The van der Waals surface area contributed by atoms with Crippen molar-refractivity contribution in [3.8, 4) is 0 Å². The third-order valence-electron chi connectivity index (χ3n) is 4.37. The number of fused-ring (bicyclic) bond motifs is 10. The van der Waals surface area contributed by atoms with E-state index in [1.165, 1.54) is 35.1 Å². The van der Waals surface area contributed by atoms with Crippen molar-refractivity contribution in [1.82, 2.24) is 0 Å². The maximum Gasteiger partial charge on any atom is 0.102 e. The minimum Gasteiger partial charge on any atom is -0.366 e. The highest BCUT2D eigenvalue weighted by Crippen LogP contribution is 2.55. The van der Waals surface area contributed by atoms with Crippen LogP contribution in [0, 0.1) is 0 Å². The fourth-order valence-corrected chi connectivity index (χ4v) is 3.62. The minimum atomic E-state index is 0.212. The average molecular weight is 212 g/mol. The van der Waals surface area contributed by atoms with E-state index in [4.69, 9.17) is 9.47 Å². The van der Waals surface area contributed by atoms with Gasteiger partial charge in [-0.1, -0.05) is 12.2 Å². The topological polar surface area (TPSA) is 18.5 Å². The SMILES string of the molecule is C1=C[C@H]2O[C@@H]1c1cc3c(cc12)[C@H]1CC[C@@H]3O1. The number of hydrogen-bond acceptors (Lipinski definition) is 2. The monoisotopic (exact) mass is 212 g/mol. The molecule has 4 bridgehead atoms. The van der Waals surface area contributed by atoms with Gasteiger partial charge in [-0.3, -0.25) is 0 Å². The van der Waals surface area contributed by atoms with E-state index in [0.717, 1.165) is 0 Å². The second-order valence-corrected chi connectivity index (χ2v) is 5.16. The summed E-state index contributed by atoms with van der Waals surface area (Å²) in [7, 11) is 0. The van der Waals surface area contributed by atoms with E-state index in [2.05, 4.69) is 24.3 Å². The van der Waals surface area contributed by atoms with Crippen molar-refractivity contribution >= 4 is 0 Å². The standard InChI is InChI=1S/C14H12O2/c1-2-12-8-6-10-9(5-7(8)11(1)15-12)13-3-4-14(10)16-13/h1-2,5-6,11-14H,3-4H2/t11-,12+,13-,14+. The van der Waals surface area contributed by atoms with Crippen LogP contribution >= 0.6 is 0 Å². The Balaban J connectivity index is 1.78. The predicted molar refractivity (Wildman–Crippen MR) is 58.0 cm³/mol. The number of rotatable bonds is 0. The molecule has 1 aromatic carbocycles. The summed E-state index contributed by atoms with van der Waals surface area (Å²) in [6, 6.07) is 4.67. The van der Waals surface area contributed by atoms with E-state index in [-0.39, 0.29) is 12.2 Å². The largest absolute Gasteiger partial charge is 0.366 e. The van der Waals surface area contributed by atoms with Gasteiger partial charge in [0, 0.05) is 0 Å². The van der Waals surface area contributed by atoms with E-state index in [1.807, 2.05) is 0 Å². The van der Waals surface area contributed by atoms with Crippen molar-refractivity contribution in [3.63, 3.8) is 0 Å². The number of hydrogen-bond donors (Lipinski definition) is 0. The normalized spacial score (nSPS) is 40.5. The van der Waals surface area contributed by atoms with E-state index >= 15 is 0 Å². The molecule has 0 amide bonds. The highest BCUT2D eigenvalue weighted by atomic mass is 16.5. The van der Waals surface area contributed by atoms with Crippen LogP contribution in [-0.4, -0.2) is 0 Å². The lowest BCUT2D eigenvalue weighted by molar-refractivity contribution is 0.0708. The Morgan fingerprint density at radius 2 is 1.31 bits per heavy atom. The Bertz CT molecular complexity index is 487. The smallest absolute Gasteiger partial charge is 0.102 e. The summed E-state index contributed by atoms with van der Waals surface area (Å²) in [5.74, 6) is 0. The molecule has 4 aliphatic rings. The molecule has 4 atom stereocenters. The molecule has 0 radical (unpaired) electrons. The van der Waals surface area contributed by atoms with Gasteiger partial charge in [-0.15, -0.1) is 0 Å². The first-order valence-electron chi connectivity index (χ1n) is 6.07. The van der Waals surface area contributed by atoms with Crippen LogP contribution in [0.3, 0.4) is 0 Å². The fraction of sp³-hybridized carbons (Fsp3) is 0.429. The quantitative estimate of drug-likeness (QED) is 0.614. The van der Waals surface area contributed by atoms with Crippen molar-refractivity contribution in [1.29, 1.82) is 0 Å². The van der Waals surface area contributed by atoms with Gasteiger partial charge < -0.3 is 9.47 Å². The molecule has 1 saturated heterocycles. The molecule has 1 aromatic rings. The summed E-state index contributed by atoms with van der Waals surface area (Å²) in [6.07, 6.45) is 7.90. The first kappa shape index (κ1) is 8.04. The van der Waals surface area contributed by atoms with Crippen molar-refractivity contribution in [2.24, 2.45) is 0 Å². The molecular formula is C14H12O2. The molecule has 5 rings (SSSR count). The molecule has 0 saturated carbocycles. The zero-order valence-corrected chi connectivity index (χ0v) is 8.85. The lowest BCUT2D eigenvalue weighted by Crippen LogP contribution is -2.02. The Kier molecular flexibility index (Phi) is 1.21. The van der Waals surface area contributed by atoms with E-state index in [1.54, 1.807) is 0 Å². The van der Waals surface area contributed by atoms with E-state index in [0.29, 0.717) is 12.2 Å². The van der Waals surface area contributed by atoms with Crippen LogP contribution in [0.4, 0.5) is 0 Å². The maximum atomic E-state index is 5.95. The van der Waals surface area contributed by atoms with Crippen LogP contribution in [-0.2, 0) is 9.47 Å². The van der Waals surface area contributed by atoms with Crippen molar-refractivity contribution < 1.29 is 9.47 Å². The first-order chi connectivity index (χ1) is 7.90. The number of ether oxygens (including phenoxy) is 2. The van der Waals surface area contributed by atoms with Gasteiger partial charge in [0.15, 0.2) is 0 Å². The molecule has 4 heterocycles. The van der Waals surface area contributed by atoms with Gasteiger partial charge in [0.25, 0.3) is 0 Å². The molecule has 2 heteroatoms. The van der Waals surface area contributed by atoms with Gasteiger partial charge >= 0.3 is 0 Å². The van der Waals surface area contributed by atoms with Gasteiger partial charge in [0.1, 0.15) is 12.2 Å². The summed E-state index contributed by atoms with van der Waals surface area (Å²) >= 11 is 0. The molecule has 16 heavy (non-hydrogen) atoms. The average Bonchev–Trinajstić information content (AvgIpc) is 3.07. The molecule has 0 aliphatic carbocycles. The zero-order valence-electron chi connectivity index (χ0n) is 8.85. The summed E-state index contributed by atoms with van der Waals surface area (Å²) in [4.78, 5) is 0.